The number of amides is 1. The predicted octanol–water partition coefficient (Wildman–Crippen LogP) is 2.96. The summed E-state index contributed by atoms with van der Waals surface area (Å²) in [6.45, 7) is 0. The molecule has 0 atom stereocenters. The Kier molecular flexibility index (Phi) is 4.19. The minimum atomic E-state index is -3.77. The van der Waals surface area contributed by atoms with Crippen molar-refractivity contribution >= 4 is 58.5 Å². The molecule has 0 saturated carbocycles. The van der Waals surface area contributed by atoms with Crippen molar-refractivity contribution in [3.63, 3.8) is 0 Å². The molecule has 0 unspecified atom stereocenters. The largest absolute Gasteiger partial charge is 0.298 e. The third-order valence-corrected chi connectivity index (χ3v) is 5.56. The van der Waals surface area contributed by atoms with Crippen molar-refractivity contribution in [3.05, 3.63) is 52.5 Å². The Morgan fingerprint density at radius 2 is 1.96 bits per heavy atom. The van der Waals surface area contributed by atoms with Crippen molar-refractivity contribution in [2.45, 2.75) is 4.90 Å². The minimum Gasteiger partial charge on any atom is -0.298 e. The number of hydrogen-bond donors (Lipinski definition) is 2. The number of aromatic nitrogens is 1. The second-order valence-corrected chi connectivity index (χ2v) is 8.07. The van der Waals surface area contributed by atoms with E-state index in [1.54, 1.807) is 24.3 Å². The summed E-state index contributed by atoms with van der Waals surface area (Å²) in [5.74, 6) is -0.303. The van der Waals surface area contributed by atoms with Gasteiger partial charge in [0.2, 0.25) is 10.0 Å². The monoisotopic (exact) mass is 411 g/mol. The molecule has 0 aliphatic rings. The van der Waals surface area contributed by atoms with E-state index in [0.717, 1.165) is 0 Å². The third-order valence-electron chi connectivity index (χ3n) is 3.03. The molecule has 0 spiro atoms. The molecule has 3 aromatic rings. The van der Waals surface area contributed by atoms with Crippen LogP contribution in [0.25, 0.3) is 10.2 Å². The summed E-state index contributed by atoms with van der Waals surface area (Å²) < 4.78 is 24.0. The standard InChI is InChI=1S/C14H10BrN3O3S2/c15-10-4-2-1-3-9(10)13(19)18-14-17-11-6-5-8(23(16,20)21)7-12(11)22-14/h1-7H,(H2,16,20,21)(H,17,18,19). The fourth-order valence-electron chi connectivity index (χ4n) is 1.95. The molecule has 0 aliphatic heterocycles. The molecule has 1 heterocycles. The van der Waals surface area contributed by atoms with Crippen LogP contribution in [-0.2, 0) is 10.0 Å². The van der Waals surface area contributed by atoms with Crippen LogP contribution in [0.4, 0.5) is 5.13 Å². The van der Waals surface area contributed by atoms with Gasteiger partial charge in [0.25, 0.3) is 5.91 Å². The van der Waals surface area contributed by atoms with E-state index in [0.29, 0.717) is 25.4 Å². The van der Waals surface area contributed by atoms with Crippen LogP contribution in [0.2, 0.25) is 0 Å². The van der Waals surface area contributed by atoms with Crippen LogP contribution in [0.15, 0.2) is 51.8 Å². The summed E-state index contributed by atoms with van der Waals surface area (Å²) >= 11 is 4.50. The Morgan fingerprint density at radius 3 is 2.65 bits per heavy atom. The molecular formula is C14H10BrN3O3S2. The fraction of sp³-hybridized carbons (Fsp3) is 0. The number of nitrogens with two attached hydrogens (primary N) is 1. The number of primary sulfonamides is 1. The summed E-state index contributed by atoms with van der Waals surface area (Å²) in [6.07, 6.45) is 0. The molecule has 23 heavy (non-hydrogen) atoms. The van der Waals surface area contributed by atoms with Gasteiger partial charge in [-0.2, -0.15) is 0 Å². The number of nitrogens with zero attached hydrogens (tertiary/aromatic N) is 1. The first-order valence-corrected chi connectivity index (χ1v) is 9.49. The number of carbonyl (C=O) groups is 1. The first kappa shape index (κ1) is 16.1. The number of thiazole rings is 1. The molecule has 3 rings (SSSR count). The van der Waals surface area contributed by atoms with Gasteiger partial charge in [-0.3, -0.25) is 10.1 Å². The minimum absolute atomic E-state index is 0.0114. The molecule has 2 aromatic carbocycles. The Bertz CT molecular complexity index is 1020. The van der Waals surface area contributed by atoms with Gasteiger partial charge in [-0.05, 0) is 46.3 Å². The SMILES string of the molecule is NS(=O)(=O)c1ccc2nc(NC(=O)c3ccccc3Br)sc2c1. The van der Waals surface area contributed by atoms with Gasteiger partial charge in [-0.25, -0.2) is 18.5 Å². The van der Waals surface area contributed by atoms with Crippen molar-refractivity contribution in [2.75, 3.05) is 5.32 Å². The van der Waals surface area contributed by atoms with Crippen molar-refractivity contribution in [2.24, 2.45) is 5.14 Å². The maximum absolute atomic E-state index is 12.2. The smallest absolute Gasteiger partial charge is 0.258 e. The Balaban J connectivity index is 1.92. The topological polar surface area (TPSA) is 102 Å². The van der Waals surface area contributed by atoms with Gasteiger partial charge in [-0.1, -0.05) is 23.5 Å². The average Bonchev–Trinajstić information content (AvgIpc) is 2.87. The van der Waals surface area contributed by atoms with Crippen LogP contribution in [0.3, 0.4) is 0 Å². The van der Waals surface area contributed by atoms with Crippen LogP contribution >= 0.6 is 27.3 Å². The first-order valence-electron chi connectivity index (χ1n) is 6.34. The van der Waals surface area contributed by atoms with Crippen LogP contribution in [0.1, 0.15) is 10.4 Å². The van der Waals surface area contributed by atoms with Crippen molar-refractivity contribution < 1.29 is 13.2 Å². The summed E-state index contributed by atoms with van der Waals surface area (Å²) in [7, 11) is -3.77. The molecule has 1 amide bonds. The summed E-state index contributed by atoms with van der Waals surface area (Å²) in [5, 5.41) is 8.20. The number of anilines is 1. The molecular weight excluding hydrogens is 402 g/mol. The van der Waals surface area contributed by atoms with Gasteiger partial charge in [-0.15, -0.1) is 0 Å². The van der Waals surface area contributed by atoms with Gasteiger partial charge in [0.1, 0.15) is 0 Å². The van der Waals surface area contributed by atoms with Crippen LogP contribution in [0.5, 0.6) is 0 Å². The highest BCUT2D eigenvalue weighted by atomic mass is 79.9. The van der Waals surface area contributed by atoms with Crippen LogP contribution in [0, 0.1) is 0 Å². The van der Waals surface area contributed by atoms with E-state index in [-0.39, 0.29) is 10.8 Å². The zero-order valence-electron chi connectivity index (χ0n) is 11.5. The van der Waals surface area contributed by atoms with Gasteiger partial charge in [0.05, 0.1) is 20.7 Å². The highest BCUT2D eigenvalue weighted by Gasteiger charge is 2.14. The van der Waals surface area contributed by atoms with E-state index in [1.807, 2.05) is 6.07 Å². The number of sulfonamides is 1. The molecule has 0 radical (unpaired) electrons. The molecule has 3 N–H and O–H groups in total. The lowest BCUT2D eigenvalue weighted by molar-refractivity contribution is 0.102. The van der Waals surface area contributed by atoms with E-state index < -0.39 is 10.0 Å². The van der Waals surface area contributed by atoms with E-state index in [1.165, 1.54) is 23.5 Å². The molecule has 9 heteroatoms. The summed E-state index contributed by atoms with van der Waals surface area (Å²) in [6, 6.07) is 11.4. The molecule has 0 bridgehead atoms. The number of halogens is 1. The predicted molar refractivity (Wildman–Crippen MR) is 93.1 cm³/mol. The Labute approximate surface area is 144 Å². The zero-order valence-corrected chi connectivity index (χ0v) is 14.7. The maximum Gasteiger partial charge on any atom is 0.258 e. The van der Waals surface area contributed by atoms with Gasteiger partial charge in [0, 0.05) is 4.47 Å². The highest BCUT2D eigenvalue weighted by molar-refractivity contribution is 9.10. The quantitative estimate of drug-likeness (QED) is 0.691. The normalized spacial score (nSPS) is 11.6. The molecule has 118 valence electrons. The molecule has 1 aromatic heterocycles. The molecule has 6 nitrogen and oxygen atoms in total. The highest BCUT2D eigenvalue weighted by Crippen LogP contribution is 2.28. The van der Waals surface area contributed by atoms with Gasteiger partial charge in [0.15, 0.2) is 5.13 Å². The van der Waals surface area contributed by atoms with Crippen molar-refractivity contribution in [1.29, 1.82) is 0 Å². The lowest BCUT2D eigenvalue weighted by atomic mass is 10.2. The molecule has 0 fully saturated rings. The van der Waals surface area contributed by atoms with Gasteiger partial charge < -0.3 is 0 Å². The lowest BCUT2D eigenvalue weighted by Gasteiger charge is -2.03. The second kappa shape index (κ2) is 6.00. The maximum atomic E-state index is 12.2. The second-order valence-electron chi connectivity index (χ2n) is 4.63. The third kappa shape index (κ3) is 3.42. The molecule has 0 saturated heterocycles. The summed E-state index contributed by atoms with van der Waals surface area (Å²) in [5.41, 5.74) is 1.07. The van der Waals surface area contributed by atoms with E-state index in [2.05, 4.69) is 26.2 Å². The number of fused-ring (bicyclic) bond motifs is 1. The number of rotatable bonds is 3. The lowest BCUT2D eigenvalue weighted by Crippen LogP contribution is -2.12. The number of nitrogens with one attached hydrogen (secondary N) is 1. The number of benzene rings is 2. The number of carbonyl (C=O) groups excluding carboxylic acids is 1. The van der Waals surface area contributed by atoms with E-state index in [9.17, 15) is 13.2 Å². The van der Waals surface area contributed by atoms with Crippen LogP contribution < -0.4 is 10.5 Å². The van der Waals surface area contributed by atoms with Crippen LogP contribution in [-0.4, -0.2) is 19.3 Å². The van der Waals surface area contributed by atoms with Crippen molar-refractivity contribution in [3.8, 4) is 0 Å². The summed E-state index contributed by atoms with van der Waals surface area (Å²) in [4.78, 5) is 16.5. The van der Waals surface area contributed by atoms with Gasteiger partial charge >= 0.3 is 0 Å². The zero-order chi connectivity index (χ0) is 16.6. The molecule has 0 aliphatic carbocycles. The Morgan fingerprint density at radius 1 is 1.22 bits per heavy atom. The van der Waals surface area contributed by atoms with E-state index in [4.69, 9.17) is 5.14 Å². The first-order chi connectivity index (χ1) is 10.8. The Hall–Kier alpha value is -1.81. The van der Waals surface area contributed by atoms with Crippen molar-refractivity contribution in [1.82, 2.24) is 4.98 Å². The number of hydrogen-bond acceptors (Lipinski definition) is 5. The fourth-order valence-corrected chi connectivity index (χ4v) is 3.92. The van der Waals surface area contributed by atoms with E-state index >= 15 is 0 Å². The average molecular weight is 412 g/mol.